The Hall–Kier alpha value is -0.800. The molecule has 17 heavy (non-hydrogen) atoms. The molecule has 1 atom stereocenters. The first-order valence-corrected chi connectivity index (χ1v) is 6.79. The van der Waals surface area contributed by atoms with Gasteiger partial charge in [0.05, 0.1) is 0 Å². The van der Waals surface area contributed by atoms with Crippen LogP contribution < -0.4 is 10.6 Å². The molecular formula is C13H20ClN3. The van der Waals surface area contributed by atoms with E-state index in [1.54, 1.807) is 0 Å². The highest BCUT2D eigenvalue weighted by Crippen LogP contribution is 2.22. The quantitative estimate of drug-likeness (QED) is 0.814. The van der Waals surface area contributed by atoms with Gasteiger partial charge in [0, 0.05) is 17.9 Å². The third-order valence-electron chi connectivity index (χ3n) is 3.27. The lowest BCUT2D eigenvalue weighted by molar-refractivity contribution is 0.636. The van der Waals surface area contributed by atoms with E-state index in [0.717, 1.165) is 25.2 Å². The van der Waals surface area contributed by atoms with Crippen LogP contribution in [0.15, 0.2) is 12.3 Å². The molecule has 0 aliphatic carbocycles. The molecule has 1 saturated heterocycles. The highest BCUT2D eigenvalue weighted by molar-refractivity contribution is 6.29. The highest BCUT2D eigenvalue weighted by atomic mass is 35.5. The van der Waals surface area contributed by atoms with Crippen molar-refractivity contribution in [2.24, 2.45) is 0 Å². The maximum absolute atomic E-state index is 5.96. The van der Waals surface area contributed by atoms with Gasteiger partial charge in [0.15, 0.2) is 0 Å². The molecule has 0 aromatic carbocycles. The number of rotatable bonds is 3. The molecule has 2 heterocycles. The molecule has 0 unspecified atom stereocenters. The molecule has 0 bridgehead atoms. The third-order valence-corrected chi connectivity index (χ3v) is 3.48. The number of pyridine rings is 1. The fourth-order valence-corrected chi connectivity index (χ4v) is 2.42. The van der Waals surface area contributed by atoms with Crippen LogP contribution >= 0.6 is 11.6 Å². The van der Waals surface area contributed by atoms with Crippen LogP contribution in [0.3, 0.4) is 0 Å². The van der Waals surface area contributed by atoms with E-state index in [9.17, 15) is 0 Å². The Kier molecular flexibility index (Phi) is 4.63. The molecular weight excluding hydrogens is 234 g/mol. The summed E-state index contributed by atoms with van der Waals surface area (Å²) < 4.78 is 0. The van der Waals surface area contributed by atoms with Crippen LogP contribution in [0.5, 0.6) is 0 Å². The number of halogens is 1. The monoisotopic (exact) mass is 253 g/mol. The molecule has 2 N–H and O–H groups in total. The maximum Gasteiger partial charge on any atom is 0.131 e. The van der Waals surface area contributed by atoms with E-state index >= 15 is 0 Å². The second kappa shape index (κ2) is 6.22. The Bertz CT molecular complexity index is 360. The van der Waals surface area contributed by atoms with Crippen molar-refractivity contribution in [3.05, 3.63) is 23.0 Å². The van der Waals surface area contributed by atoms with Crippen LogP contribution in [0.2, 0.25) is 5.15 Å². The van der Waals surface area contributed by atoms with Crippen molar-refractivity contribution in [2.75, 3.05) is 18.4 Å². The van der Waals surface area contributed by atoms with Crippen molar-refractivity contribution in [1.29, 1.82) is 0 Å². The normalized spacial score (nSPS) is 20.9. The molecule has 0 amide bonds. The maximum atomic E-state index is 5.96. The molecule has 0 radical (unpaired) electrons. The molecule has 94 valence electrons. The molecule has 1 aromatic rings. The number of anilines is 1. The first kappa shape index (κ1) is 12.7. The van der Waals surface area contributed by atoms with E-state index in [0.29, 0.717) is 11.2 Å². The number of hydrogen-bond donors (Lipinski definition) is 2. The van der Waals surface area contributed by atoms with Crippen molar-refractivity contribution >= 4 is 17.3 Å². The molecule has 0 saturated carbocycles. The molecule has 2 rings (SSSR count). The van der Waals surface area contributed by atoms with Gasteiger partial charge in [-0.05, 0) is 50.4 Å². The second-order valence-corrected chi connectivity index (χ2v) is 4.93. The lowest BCUT2D eigenvalue weighted by Crippen LogP contribution is -2.22. The van der Waals surface area contributed by atoms with Crippen LogP contribution in [0, 0.1) is 0 Å². The summed E-state index contributed by atoms with van der Waals surface area (Å²) in [6.07, 6.45) is 6.48. The Morgan fingerprint density at radius 2 is 2.35 bits per heavy atom. The van der Waals surface area contributed by atoms with Gasteiger partial charge in [0.25, 0.3) is 0 Å². The summed E-state index contributed by atoms with van der Waals surface area (Å²) in [6, 6.07) is 2.49. The number of hydrogen-bond acceptors (Lipinski definition) is 3. The van der Waals surface area contributed by atoms with Crippen LogP contribution in [-0.2, 0) is 6.42 Å². The van der Waals surface area contributed by atoms with Gasteiger partial charge in [-0.3, -0.25) is 0 Å². The lowest BCUT2D eigenvalue weighted by Gasteiger charge is -2.19. The number of aryl methyl sites for hydroxylation is 1. The van der Waals surface area contributed by atoms with Crippen molar-refractivity contribution in [3.8, 4) is 0 Å². The van der Waals surface area contributed by atoms with Crippen LogP contribution in [0.1, 0.15) is 31.7 Å². The molecule has 1 fully saturated rings. The van der Waals surface area contributed by atoms with Gasteiger partial charge in [0.2, 0.25) is 0 Å². The summed E-state index contributed by atoms with van der Waals surface area (Å²) in [7, 11) is 0. The number of nitrogens with zero attached hydrogens (tertiary/aromatic N) is 1. The molecule has 3 nitrogen and oxygen atoms in total. The fraction of sp³-hybridized carbons (Fsp3) is 0.615. The minimum absolute atomic E-state index is 0.550. The average molecular weight is 254 g/mol. The molecule has 0 spiro atoms. The van der Waals surface area contributed by atoms with Gasteiger partial charge in [-0.15, -0.1) is 0 Å². The van der Waals surface area contributed by atoms with Crippen molar-refractivity contribution in [1.82, 2.24) is 10.3 Å². The summed E-state index contributed by atoms with van der Waals surface area (Å²) >= 11 is 5.96. The fourth-order valence-electron chi connectivity index (χ4n) is 2.26. The zero-order chi connectivity index (χ0) is 12.1. The third kappa shape index (κ3) is 3.58. The van der Waals surface area contributed by atoms with Crippen molar-refractivity contribution in [2.45, 2.75) is 38.6 Å². The summed E-state index contributed by atoms with van der Waals surface area (Å²) in [5.74, 6) is 0. The Labute approximate surface area is 108 Å². The standard InChI is InChI=1S/C13H20ClN3/c1-2-10-9-16-13(14)8-12(10)17-11-4-3-6-15-7-5-11/h8-9,11,15H,2-7H2,1H3,(H,16,17)/t11-/m0/s1. The van der Waals surface area contributed by atoms with E-state index in [4.69, 9.17) is 11.6 Å². The van der Waals surface area contributed by atoms with Gasteiger partial charge in [-0.25, -0.2) is 4.98 Å². The summed E-state index contributed by atoms with van der Waals surface area (Å²) in [5, 5.41) is 7.61. The van der Waals surface area contributed by atoms with E-state index in [2.05, 4.69) is 22.5 Å². The summed E-state index contributed by atoms with van der Waals surface area (Å²) in [5.41, 5.74) is 2.39. The minimum atomic E-state index is 0.550. The average Bonchev–Trinajstić information content (AvgIpc) is 2.58. The van der Waals surface area contributed by atoms with Gasteiger partial charge < -0.3 is 10.6 Å². The molecule has 1 aromatic heterocycles. The van der Waals surface area contributed by atoms with E-state index in [1.807, 2.05) is 12.3 Å². The van der Waals surface area contributed by atoms with Gasteiger partial charge in [0.1, 0.15) is 5.15 Å². The minimum Gasteiger partial charge on any atom is -0.382 e. The highest BCUT2D eigenvalue weighted by Gasteiger charge is 2.13. The summed E-state index contributed by atoms with van der Waals surface area (Å²) in [6.45, 7) is 4.37. The predicted octanol–water partition coefficient (Wildman–Crippen LogP) is 2.85. The lowest BCUT2D eigenvalue weighted by atomic mass is 10.1. The van der Waals surface area contributed by atoms with Crippen LogP contribution in [0.25, 0.3) is 0 Å². The van der Waals surface area contributed by atoms with Gasteiger partial charge >= 0.3 is 0 Å². The number of nitrogens with one attached hydrogen (secondary N) is 2. The van der Waals surface area contributed by atoms with Crippen LogP contribution in [0.4, 0.5) is 5.69 Å². The predicted molar refractivity (Wildman–Crippen MR) is 72.8 cm³/mol. The first-order valence-electron chi connectivity index (χ1n) is 6.41. The van der Waals surface area contributed by atoms with Gasteiger partial charge in [-0.2, -0.15) is 0 Å². The van der Waals surface area contributed by atoms with E-state index < -0.39 is 0 Å². The Morgan fingerprint density at radius 1 is 1.47 bits per heavy atom. The Balaban J connectivity index is 2.07. The topological polar surface area (TPSA) is 37.0 Å². The van der Waals surface area contributed by atoms with E-state index in [-0.39, 0.29) is 0 Å². The summed E-state index contributed by atoms with van der Waals surface area (Å²) in [4.78, 5) is 4.14. The zero-order valence-electron chi connectivity index (χ0n) is 10.3. The van der Waals surface area contributed by atoms with Crippen LogP contribution in [-0.4, -0.2) is 24.1 Å². The Morgan fingerprint density at radius 3 is 3.18 bits per heavy atom. The molecule has 1 aliphatic rings. The largest absolute Gasteiger partial charge is 0.382 e. The molecule has 1 aliphatic heterocycles. The first-order chi connectivity index (χ1) is 8.29. The second-order valence-electron chi connectivity index (χ2n) is 4.54. The van der Waals surface area contributed by atoms with Crippen molar-refractivity contribution < 1.29 is 0 Å². The van der Waals surface area contributed by atoms with Crippen molar-refractivity contribution in [3.63, 3.8) is 0 Å². The SMILES string of the molecule is CCc1cnc(Cl)cc1N[C@H]1CCCNCC1. The van der Waals surface area contributed by atoms with Gasteiger partial charge in [-0.1, -0.05) is 18.5 Å². The van der Waals surface area contributed by atoms with E-state index in [1.165, 1.54) is 24.8 Å². The number of aromatic nitrogens is 1. The smallest absolute Gasteiger partial charge is 0.131 e. The molecule has 4 heteroatoms. The zero-order valence-corrected chi connectivity index (χ0v) is 11.1.